The first-order valence-corrected chi connectivity index (χ1v) is 8.12. The van der Waals surface area contributed by atoms with E-state index in [4.69, 9.17) is 11.6 Å². The number of Topliss-reactive ketones (excluding diaryl/α,β-unsaturated/α-hetero) is 1. The number of aryl methyl sites for hydroxylation is 1. The predicted octanol–water partition coefficient (Wildman–Crippen LogP) is 4.71. The molecule has 0 radical (unpaired) electrons. The number of nitrogens with zero attached hydrogens (tertiary/aromatic N) is 1. The molecule has 1 amide bonds. The van der Waals surface area contributed by atoms with E-state index in [0.717, 1.165) is 15.8 Å². The van der Waals surface area contributed by atoms with Crippen molar-refractivity contribution in [1.29, 1.82) is 0 Å². The Labute approximate surface area is 142 Å². The van der Waals surface area contributed by atoms with Crippen molar-refractivity contribution in [1.82, 2.24) is 4.98 Å². The lowest BCUT2D eigenvalue weighted by molar-refractivity contribution is 0.101. The molecule has 0 aliphatic carbocycles. The van der Waals surface area contributed by atoms with Gasteiger partial charge in [-0.2, -0.15) is 0 Å². The molecule has 0 unspecified atom stereocenters. The summed E-state index contributed by atoms with van der Waals surface area (Å²) in [5.41, 5.74) is 2.85. The van der Waals surface area contributed by atoms with Gasteiger partial charge < -0.3 is 0 Å². The van der Waals surface area contributed by atoms with Crippen LogP contribution in [0.4, 0.5) is 5.13 Å². The SMILES string of the molecule is CC(=O)c1ccc(C(=O)Nc2nc3c(C)cc(Cl)cc3s2)cc1. The number of aromatic nitrogens is 1. The maximum Gasteiger partial charge on any atom is 0.257 e. The number of anilines is 1. The van der Waals surface area contributed by atoms with Crippen LogP contribution in [0.5, 0.6) is 0 Å². The van der Waals surface area contributed by atoms with Crippen molar-refractivity contribution in [2.45, 2.75) is 13.8 Å². The van der Waals surface area contributed by atoms with Gasteiger partial charge in [-0.3, -0.25) is 14.9 Å². The van der Waals surface area contributed by atoms with E-state index >= 15 is 0 Å². The van der Waals surface area contributed by atoms with Crippen LogP contribution >= 0.6 is 22.9 Å². The smallest absolute Gasteiger partial charge is 0.257 e. The second-order valence-electron chi connectivity index (χ2n) is 5.18. The zero-order chi connectivity index (χ0) is 16.6. The maximum atomic E-state index is 12.3. The van der Waals surface area contributed by atoms with Crippen LogP contribution in [0, 0.1) is 6.92 Å². The van der Waals surface area contributed by atoms with Crippen LogP contribution in [0.15, 0.2) is 36.4 Å². The first-order valence-electron chi connectivity index (χ1n) is 6.93. The van der Waals surface area contributed by atoms with Crippen LogP contribution in [0.3, 0.4) is 0 Å². The molecule has 0 aliphatic heterocycles. The second-order valence-corrected chi connectivity index (χ2v) is 6.64. The fourth-order valence-electron chi connectivity index (χ4n) is 2.23. The molecule has 1 heterocycles. The van der Waals surface area contributed by atoms with Gasteiger partial charge in [0.1, 0.15) is 0 Å². The minimum atomic E-state index is -0.261. The Morgan fingerprint density at radius 3 is 2.43 bits per heavy atom. The van der Waals surface area contributed by atoms with Gasteiger partial charge in [-0.25, -0.2) is 4.98 Å². The molecule has 6 heteroatoms. The quantitative estimate of drug-likeness (QED) is 0.700. The summed E-state index contributed by atoms with van der Waals surface area (Å²) in [6.45, 7) is 3.42. The number of carbonyl (C=O) groups is 2. The molecule has 2 aromatic carbocycles. The average molecular weight is 345 g/mol. The Hall–Kier alpha value is -2.24. The molecule has 0 fully saturated rings. The largest absolute Gasteiger partial charge is 0.298 e. The summed E-state index contributed by atoms with van der Waals surface area (Å²) < 4.78 is 0.928. The number of halogens is 1. The van der Waals surface area contributed by atoms with Crippen LogP contribution < -0.4 is 5.32 Å². The van der Waals surface area contributed by atoms with Crippen LogP contribution in [0.2, 0.25) is 5.02 Å². The van der Waals surface area contributed by atoms with E-state index in [1.807, 2.05) is 19.1 Å². The van der Waals surface area contributed by atoms with Crippen LogP contribution in [-0.2, 0) is 0 Å². The highest BCUT2D eigenvalue weighted by Gasteiger charge is 2.12. The summed E-state index contributed by atoms with van der Waals surface area (Å²) in [4.78, 5) is 28.0. The number of hydrogen-bond donors (Lipinski definition) is 1. The molecule has 0 saturated heterocycles. The van der Waals surface area contributed by atoms with Crippen molar-refractivity contribution in [3.8, 4) is 0 Å². The minimum Gasteiger partial charge on any atom is -0.298 e. The summed E-state index contributed by atoms with van der Waals surface area (Å²) in [5, 5.41) is 3.95. The van der Waals surface area contributed by atoms with Gasteiger partial charge in [-0.15, -0.1) is 0 Å². The van der Waals surface area contributed by atoms with Crippen LogP contribution in [0.25, 0.3) is 10.2 Å². The summed E-state index contributed by atoms with van der Waals surface area (Å²) >= 11 is 7.41. The zero-order valence-corrected chi connectivity index (χ0v) is 14.1. The Bertz CT molecular complexity index is 916. The van der Waals surface area contributed by atoms with Crippen molar-refractivity contribution in [3.63, 3.8) is 0 Å². The van der Waals surface area contributed by atoms with E-state index < -0.39 is 0 Å². The first kappa shape index (κ1) is 15.6. The lowest BCUT2D eigenvalue weighted by Crippen LogP contribution is -2.11. The third-order valence-electron chi connectivity index (χ3n) is 3.42. The molecule has 116 valence electrons. The molecule has 3 rings (SSSR count). The number of nitrogens with one attached hydrogen (secondary N) is 1. The molecular weight excluding hydrogens is 332 g/mol. The molecular formula is C17H13ClN2O2S. The number of benzene rings is 2. The van der Waals surface area contributed by atoms with Gasteiger partial charge in [-0.1, -0.05) is 35.1 Å². The second kappa shape index (κ2) is 6.10. The summed E-state index contributed by atoms with van der Waals surface area (Å²) in [6.07, 6.45) is 0. The standard InChI is InChI=1S/C17H13ClN2O2S/c1-9-7-13(18)8-14-15(9)19-17(23-14)20-16(22)12-5-3-11(4-6-12)10(2)21/h3-8H,1-2H3,(H,19,20,22). The number of fused-ring (bicyclic) bond motifs is 1. The normalized spacial score (nSPS) is 10.7. The molecule has 0 aliphatic rings. The fourth-order valence-corrected chi connectivity index (χ4v) is 3.55. The summed E-state index contributed by atoms with van der Waals surface area (Å²) in [7, 11) is 0. The van der Waals surface area contributed by atoms with Gasteiger partial charge in [0, 0.05) is 16.1 Å². The van der Waals surface area contributed by atoms with Crippen molar-refractivity contribution < 1.29 is 9.59 Å². The Morgan fingerprint density at radius 1 is 1.13 bits per heavy atom. The fraction of sp³-hybridized carbons (Fsp3) is 0.118. The molecule has 0 atom stereocenters. The number of carbonyl (C=O) groups excluding carboxylic acids is 2. The number of thiazole rings is 1. The Balaban J connectivity index is 1.85. The first-order chi connectivity index (χ1) is 10.9. The van der Waals surface area contributed by atoms with E-state index in [1.54, 1.807) is 24.3 Å². The molecule has 23 heavy (non-hydrogen) atoms. The molecule has 1 N–H and O–H groups in total. The highest BCUT2D eigenvalue weighted by molar-refractivity contribution is 7.22. The van der Waals surface area contributed by atoms with Crippen molar-refractivity contribution in [3.05, 3.63) is 58.1 Å². The van der Waals surface area contributed by atoms with Gasteiger partial charge in [0.2, 0.25) is 0 Å². The minimum absolute atomic E-state index is 0.0320. The average Bonchev–Trinajstić information content (AvgIpc) is 2.90. The lowest BCUT2D eigenvalue weighted by atomic mass is 10.1. The third kappa shape index (κ3) is 3.25. The molecule has 3 aromatic rings. The van der Waals surface area contributed by atoms with Crippen molar-refractivity contribution >= 4 is 50.0 Å². The third-order valence-corrected chi connectivity index (χ3v) is 4.56. The number of hydrogen-bond acceptors (Lipinski definition) is 4. The topological polar surface area (TPSA) is 59.1 Å². The highest BCUT2D eigenvalue weighted by atomic mass is 35.5. The van der Waals surface area contributed by atoms with Gasteiger partial charge in [0.05, 0.1) is 10.2 Å². The van der Waals surface area contributed by atoms with Gasteiger partial charge >= 0.3 is 0 Å². The molecule has 0 bridgehead atoms. The highest BCUT2D eigenvalue weighted by Crippen LogP contribution is 2.31. The lowest BCUT2D eigenvalue weighted by Gasteiger charge is -2.02. The predicted molar refractivity (Wildman–Crippen MR) is 93.8 cm³/mol. The summed E-state index contributed by atoms with van der Waals surface area (Å²) in [6, 6.07) is 10.2. The monoisotopic (exact) mass is 344 g/mol. The van der Waals surface area contributed by atoms with Crippen molar-refractivity contribution in [2.75, 3.05) is 5.32 Å². The van der Waals surface area contributed by atoms with E-state index in [9.17, 15) is 9.59 Å². The Morgan fingerprint density at radius 2 is 1.78 bits per heavy atom. The molecule has 0 spiro atoms. The van der Waals surface area contributed by atoms with E-state index in [0.29, 0.717) is 21.3 Å². The van der Waals surface area contributed by atoms with Gasteiger partial charge in [-0.05, 0) is 43.7 Å². The zero-order valence-electron chi connectivity index (χ0n) is 12.5. The van der Waals surface area contributed by atoms with E-state index in [-0.39, 0.29) is 11.7 Å². The van der Waals surface area contributed by atoms with Crippen LogP contribution in [-0.4, -0.2) is 16.7 Å². The summed E-state index contributed by atoms with van der Waals surface area (Å²) in [5.74, 6) is -0.293. The van der Waals surface area contributed by atoms with Crippen molar-refractivity contribution in [2.24, 2.45) is 0 Å². The molecule has 1 aromatic heterocycles. The molecule has 4 nitrogen and oxygen atoms in total. The van der Waals surface area contributed by atoms with E-state index in [2.05, 4.69) is 10.3 Å². The maximum absolute atomic E-state index is 12.3. The van der Waals surface area contributed by atoms with Gasteiger partial charge in [0.15, 0.2) is 10.9 Å². The number of ketones is 1. The van der Waals surface area contributed by atoms with E-state index in [1.165, 1.54) is 18.3 Å². The van der Waals surface area contributed by atoms with Crippen LogP contribution in [0.1, 0.15) is 33.2 Å². The number of amides is 1. The Kier molecular flexibility index (Phi) is 4.15. The number of rotatable bonds is 3. The molecule has 0 saturated carbocycles. The van der Waals surface area contributed by atoms with Gasteiger partial charge in [0.25, 0.3) is 5.91 Å².